The molecule has 0 bridgehead atoms. The number of amides is 1. The van der Waals surface area contributed by atoms with Gasteiger partial charge >= 0.3 is 11.9 Å². The molecular weight excluding hydrogens is 414 g/mol. The van der Waals surface area contributed by atoms with Crippen molar-refractivity contribution in [3.8, 4) is 0 Å². The number of halogens is 1. The molecule has 2 aromatic rings. The molecule has 0 radical (unpaired) electrons. The largest absolute Gasteiger partial charge is 0.465 e. The number of nitrogens with zero attached hydrogens (tertiary/aromatic N) is 2. The second-order valence-electron chi connectivity index (χ2n) is 5.07. The van der Waals surface area contributed by atoms with Gasteiger partial charge in [0.05, 0.1) is 29.9 Å². The van der Waals surface area contributed by atoms with E-state index in [-0.39, 0.29) is 21.1 Å². The van der Waals surface area contributed by atoms with Crippen molar-refractivity contribution in [1.82, 2.24) is 9.78 Å². The summed E-state index contributed by atoms with van der Waals surface area (Å²) in [7, 11) is 4.17. The maximum atomic E-state index is 12.5. The van der Waals surface area contributed by atoms with E-state index in [9.17, 15) is 14.4 Å². The summed E-state index contributed by atoms with van der Waals surface area (Å²) >= 11 is 4.27. The molecule has 0 spiro atoms. The van der Waals surface area contributed by atoms with E-state index in [0.29, 0.717) is 10.0 Å². The molecule has 134 valence electrons. The van der Waals surface area contributed by atoms with Crippen molar-refractivity contribution in [3.63, 3.8) is 0 Å². The van der Waals surface area contributed by atoms with Gasteiger partial charge < -0.3 is 14.8 Å². The van der Waals surface area contributed by atoms with E-state index >= 15 is 0 Å². The fourth-order valence-electron chi connectivity index (χ4n) is 2.13. The summed E-state index contributed by atoms with van der Waals surface area (Å²) in [5, 5.41) is 6.96. The lowest BCUT2D eigenvalue weighted by Crippen LogP contribution is -2.15. The molecule has 8 nitrogen and oxygen atoms in total. The minimum atomic E-state index is -0.657. The molecule has 0 aliphatic heterocycles. The highest BCUT2D eigenvalue weighted by molar-refractivity contribution is 9.10. The Labute approximate surface area is 156 Å². The van der Waals surface area contributed by atoms with Crippen LogP contribution in [-0.2, 0) is 16.5 Å². The van der Waals surface area contributed by atoms with Crippen molar-refractivity contribution in [3.05, 3.63) is 31.9 Å². The van der Waals surface area contributed by atoms with E-state index in [4.69, 9.17) is 9.47 Å². The molecule has 0 aliphatic carbocycles. The second kappa shape index (κ2) is 7.36. The van der Waals surface area contributed by atoms with Crippen LogP contribution in [0.4, 0.5) is 5.00 Å². The number of rotatable bonds is 4. The summed E-state index contributed by atoms with van der Waals surface area (Å²) in [5.74, 6) is -1.77. The predicted molar refractivity (Wildman–Crippen MR) is 95.3 cm³/mol. The molecule has 10 heteroatoms. The monoisotopic (exact) mass is 429 g/mol. The van der Waals surface area contributed by atoms with Gasteiger partial charge in [-0.15, -0.1) is 11.3 Å². The van der Waals surface area contributed by atoms with Crippen LogP contribution in [0.3, 0.4) is 0 Å². The molecule has 0 unspecified atom stereocenters. The first-order valence-corrected chi connectivity index (χ1v) is 8.64. The van der Waals surface area contributed by atoms with E-state index in [2.05, 4.69) is 26.3 Å². The number of methoxy groups -OCH3 is 2. The first kappa shape index (κ1) is 19.1. The third kappa shape index (κ3) is 3.45. The lowest BCUT2D eigenvalue weighted by Gasteiger charge is -2.05. The number of aromatic nitrogens is 2. The molecule has 0 saturated carbocycles. The third-order valence-corrected chi connectivity index (χ3v) is 5.75. The molecule has 1 N–H and O–H groups in total. The molecule has 0 fully saturated rings. The Bertz CT molecular complexity index is 871. The highest BCUT2D eigenvalue weighted by Crippen LogP contribution is 2.34. The van der Waals surface area contributed by atoms with Crippen LogP contribution in [0.15, 0.2) is 4.47 Å². The van der Waals surface area contributed by atoms with Crippen LogP contribution in [0.1, 0.15) is 41.8 Å². The van der Waals surface area contributed by atoms with E-state index in [1.54, 1.807) is 25.6 Å². The van der Waals surface area contributed by atoms with E-state index in [1.807, 2.05) is 0 Å². The van der Waals surface area contributed by atoms with Crippen molar-refractivity contribution in [2.75, 3.05) is 19.5 Å². The molecule has 1 amide bonds. The second-order valence-corrected chi connectivity index (χ2v) is 6.88. The highest BCUT2D eigenvalue weighted by Gasteiger charge is 2.28. The summed E-state index contributed by atoms with van der Waals surface area (Å²) in [6, 6.07) is 0. The van der Waals surface area contributed by atoms with Gasteiger partial charge in [-0.25, -0.2) is 9.59 Å². The SMILES string of the molecule is COC(=O)c1sc(NC(=O)c2nn(C)c(C)c2Br)c(C(=O)OC)c1C. The number of nitrogens with one attached hydrogen (secondary N) is 1. The van der Waals surface area contributed by atoms with Gasteiger partial charge in [-0.05, 0) is 35.3 Å². The lowest BCUT2D eigenvalue weighted by atomic mass is 10.1. The molecule has 0 atom stereocenters. The maximum Gasteiger partial charge on any atom is 0.348 e. The van der Waals surface area contributed by atoms with Crippen molar-refractivity contribution < 1.29 is 23.9 Å². The number of aryl methyl sites for hydroxylation is 1. The van der Waals surface area contributed by atoms with Gasteiger partial charge in [0.25, 0.3) is 5.91 Å². The number of esters is 2. The molecule has 25 heavy (non-hydrogen) atoms. The van der Waals surface area contributed by atoms with E-state index < -0.39 is 17.8 Å². The number of anilines is 1. The average Bonchev–Trinajstić information content (AvgIpc) is 3.04. The lowest BCUT2D eigenvalue weighted by molar-refractivity contribution is 0.0601. The molecular formula is C15H16BrN3O5S. The van der Waals surface area contributed by atoms with Gasteiger partial charge in [0.15, 0.2) is 5.69 Å². The van der Waals surface area contributed by atoms with Crippen molar-refractivity contribution in [1.29, 1.82) is 0 Å². The summed E-state index contributed by atoms with van der Waals surface area (Å²) in [6.07, 6.45) is 0. The van der Waals surface area contributed by atoms with Crippen molar-refractivity contribution >= 4 is 50.1 Å². The Kier molecular flexibility index (Phi) is 5.63. The minimum absolute atomic E-state index is 0.116. The Balaban J connectivity index is 2.47. The smallest absolute Gasteiger partial charge is 0.348 e. The van der Waals surface area contributed by atoms with Gasteiger partial charge in [0.1, 0.15) is 9.88 Å². The summed E-state index contributed by atoms with van der Waals surface area (Å²) < 4.78 is 11.6. The van der Waals surface area contributed by atoms with Gasteiger partial charge in [-0.3, -0.25) is 9.48 Å². The van der Waals surface area contributed by atoms with Crippen molar-refractivity contribution in [2.45, 2.75) is 13.8 Å². The normalized spacial score (nSPS) is 10.5. The summed E-state index contributed by atoms with van der Waals surface area (Å²) in [5.41, 5.74) is 1.44. The Hall–Kier alpha value is -2.20. The fourth-order valence-corrected chi connectivity index (χ4v) is 3.75. The zero-order valence-electron chi connectivity index (χ0n) is 14.2. The van der Waals surface area contributed by atoms with Crippen LogP contribution >= 0.6 is 27.3 Å². The quantitative estimate of drug-likeness (QED) is 0.749. The fraction of sp³-hybridized carbons (Fsp3) is 0.333. The van der Waals surface area contributed by atoms with Crippen LogP contribution < -0.4 is 5.32 Å². The van der Waals surface area contributed by atoms with Crippen LogP contribution in [0.2, 0.25) is 0 Å². The van der Waals surface area contributed by atoms with Gasteiger partial charge in [-0.2, -0.15) is 5.10 Å². The molecule has 0 aliphatic rings. The van der Waals surface area contributed by atoms with Crippen molar-refractivity contribution in [2.24, 2.45) is 7.05 Å². The molecule has 2 rings (SSSR count). The van der Waals surface area contributed by atoms with Crippen LogP contribution in [-0.4, -0.2) is 41.8 Å². The first-order valence-electron chi connectivity index (χ1n) is 7.03. The van der Waals surface area contributed by atoms with Crippen LogP contribution in [0.5, 0.6) is 0 Å². The third-order valence-electron chi connectivity index (χ3n) is 3.61. The number of carbonyl (C=O) groups excluding carboxylic acids is 3. The zero-order valence-corrected chi connectivity index (χ0v) is 16.6. The number of hydrogen-bond donors (Lipinski definition) is 1. The van der Waals surface area contributed by atoms with Gasteiger partial charge in [0.2, 0.25) is 0 Å². The molecule has 0 saturated heterocycles. The first-order chi connectivity index (χ1) is 11.7. The standard InChI is InChI=1S/C15H16BrN3O5S/c1-6-8(14(21)23-4)13(25-11(6)15(22)24-5)17-12(20)10-9(16)7(2)19(3)18-10/h1-5H3,(H,17,20). The average molecular weight is 430 g/mol. The number of carbonyl (C=O) groups is 3. The van der Waals surface area contributed by atoms with E-state index in [0.717, 1.165) is 17.0 Å². The predicted octanol–water partition coefficient (Wildman–Crippen LogP) is 2.69. The van der Waals surface area contributed by atoms with Gasteiger partial charge in [-0.1, -0.05) is 0 Å². The zero-order chi connectivity index (χ0) is 18.9. The summed E-state index contributed by atoms with van der Waals surface area (Å²) in [4.78, 5) is 36.7. The summed E-state index contributed by atoms with van der Waals surface area (Å²) in [6.45, 7) is 3.39. The van der Waals surface area contributed by atoms with Crippen LogP contribution in [0.25, 0.3) is 0 Å². The molecule has 0 aromatic carbocycles. The Morgan fingerprint density at radius 2 is 1.76 bits per heavy atom. The Morgan fingerprint density at radius 3 is 2.24 bits per heavy atom. The number of hydrogen-bond acceptors (Lipinski definition) is 7. The van der Waals surface area contributed by atoms with E-state index in [1.165, 1.54) is 14.2 Å². The maximum absolute atomic E-state index is 12.5. The Morgan fingerprint density at radius 1 is 1.16 bits per heavy atom. The van der Waals surface area contributed by atoms with Crippen LogP contribution in [0, 0.1) is 13.8 Å². The highest BCUT2D eigenvalue weighted by atomic mass is 79.9. The number of thiophene rings is 1. The molecule has 2 heterocycles. The van der Waals surface area contributed by atoms with Gasteiger partial charge in [0, 0.05) is 7.05 Å². The topological polar surface area (TPSA) is 99.5 Å². The molecule has 2 aromatic heterocycles. The number of ether oxygens (including phenoxy) is 2. The minimum Gasteiger partial charge on any atom is -0.465 e.